The second kappa shape index (κ2) is 10.7. The van der Waals surface area contributed by atoms with Crippen LogP contribution in [-0.4, -0.2) is 24.0 Å². The second-order valence-electron chi connectivity index (χ2n) is 8.13. The molecule has 3 aromatic rings. The number of carbonyl (C=O) groups is 2. The molecular weight excluding hydrogens is 500 g/mol. The predicted molar refractivity (Wildman–Crippen MR) is 131 cm³/mol. The van der Waals surface area contributed by atoms with Gasteiger partial charge in [-0.3, -0.25) is 4.79 Å². The lowest BCUT2D eigenvalue weighted by atomic mass is 10.0. The summed E-state index contributed by atoms with van der Waals surface area (Å²) in [7, 11) is 1.46. The Kier molecular flexibility index (Phi) is 7.53. The van der Waals surface area contributed by atoms with Crippen LogP contribution < -0.4 is 14.2 Å². The summed E-state index contributed by atoms with van der Waals surface area (Å²) in [4.78, 5) is 25.1. The van der Waals surface area contributed by atoms with Crippen LogP contribution in [-0.2, 0) is 17.6 Å². The maximum absolute atomic E-state index is 12.7. The van der Waals surface area contributed by atoms with Crippen LogP contribution in [0.15, 0.2) is 59.1 Å². The molecule has 4 bridgehead atoms. The van der Waals surface area contributed by atoms with Crippen molar-refractivity contribution in [1.82, 2.24) is 0 Å². The van der Waals surface area contributed by atoms with Gasteiger partial charge in [-0.15, -0.1) is 0 Å². The minimum Gasteiger partial charge on any atom is -0.504 e. The van der Waals surface area contributed by atoms with Gasteiger partial charge in [0.15, 0.2) is 23.0 Å². The van der Waals surface area contributed by atoms with Crippen molar-refractivity contribution in [2.45, 2.75) is 38.5 Å². The topological polar surface area (TPSA) is 82.1 Å². The van der Waals surface area contributed by atoms with E-state index >= 15 is 0 Å². The molecule has 2 aliphatic heterocycles. The third-order valence-corrected chi connectivity index (χ3v) is 6.27. The number of ketones is 1. The van der Waals surface area contributed by atoms with Crippen LogP contribution in [0.5, 0.6) is 28.7 Å². The number of fused-ring (bicyclic) bond motifs is 8. The molecule has 34 heavy (non-hydrogen) atoms. The number of esters is 1. The van der Waals surface area contributed by atoms with E-state index in [1.54, 1.807) is 48.5 Å². The molecule has 0 saturated carbocycles. The number of hydrogen-bond donors (Lipinski definition) is 1. The highest BCUT2D eigenvalue weighted by atomic mass is 79.9. The van der Waals surface area contributed by atoms with Gasteiger partial charge in [0.05, 0.1) is 12.7 Å². The standard InChI is InChI=1S/C27H25BrO6/c1-32-26-23-15-10-18(25(26)30)4-2-3-5-21(29)13-6-17-7-14-22(24(16-17)33-23)34-27(31)19-8-11-20(28)12-9-19/h7-12,14-16,30H,2-6,13H2,1H3. The van der Waals surface area contributed by atoms with Crippen LogP contribution in [0.2, 0.25) is 0 Å². The van der Waals surface area contributed by atoms with E-state index in [2.05, 4.69) is 15.9 Å². The number of phenols is 1. The molecule has 0 atom stereocenters. The number of methoxy groups -OCH3 is 1. The zero-order valence-corrected chi connectivity index (χ0v) is 20.4. The number of hydrogen-bond acceptors (Lipinski definition) is 6. The Morgan fingerprint density at radius 3 is 2.47 bits per heavy atom. The summed E-state index contributed by atoms with van der Waals surface area (Å²) in [5.41, 5.74) is 1.99. The van der Waals surface area contributed by atoms with Crippen LogP contribution in [0.25, 0.3) is 0 Å². The van der Waals surface area contributed by atoms with E-state index in [9.17, 15) is 14.7 Å². The van der Waals surface area contributed by atoms with Gasteiger partial charge in [0.25, 0.3) is 0 Å². The summed E-state index contributed by atoms with van der Waals surface area (Å²) < 4.78 is 18.1. The third-order valence-electron chi connectivity index (χ3n) is 5.74. The monoisotopic (exact) mass is 524 g/mol. The van der Waals surface area contributed by atoms with Crippen molar-refractivity contribution >= 4 is 27.7 Å². The van der Waals surface area contributed by atoms with Crippen LogP contribution in [0, 0.1) is 0 Å². The highest BCUT2D eigenvalue weighted by molar-refractivity contribution is 9.10. The van der Waals surface area contributed by atoms with Gasteiger partial charge in [0, 0.05) is 17.3 Å². The fraction of sp³-hybridized carbons (Fsp3) is 0.259. The first-order valence-electron chi connectivity index (χ1n) is 11.1. The summed E-state index contributed by atoms with van der Waals surface area (Å²) >= 11 is 3.35. The van der Waals surface area contributed by atoms with E-state index in [0.717, 1.165) is 28.4 Å². The first-order chi connectivity index (χ1) is 16.4. The van der Waals surface area contributed by atoms with Crippen LogP contribution >= 0.6 is 15.9 Å². The first-order valence-corrected chi connectivity index (χ1v) is 11.9. The number of aryl methyl sites for hydroxylation is 2. The molecule has 2 heterocycles. The van der Waals surface area contributed by atoms with Gasteiger partial charge < -0.3 is 19.3 Å². The fourth-order valence-corrected chi connectivity index (χ4v) is 4.12. The minimum atomic E-state index is -0.531. The predicted octanol–water partition coefficient (Wildman–Crippen LogP) is 6.40. The Hall–Kier alpha value is -3.32. The number of ether oxygens (including phenoxy) is 3. The van der Waals surface area contributed by atoms with Crippen molar-refractivity contribution in [2.75, 3.05) is 7.11 Å². The molecule has 0 aromatic heterocycles. The van der Waals surface area contributed by atoms with E-state index in [1.807, 2.05) is 6.07 Å². The van der Waals surface area contributed by atoms with Crippen LogP contribution in [0.1, 0.15) is 47.2 Å². The highest BCUT2D eigenvalue weighted by Gasteiger charge is 2.20. The number of benzene rings is 3. The highest BCUT2D eigenvalue weighted by Crippen LogP contribution is 2.44. The molecular formula is C27H25BrO6. The molecule has 1 N–H and O–H groups in total. The van der Waals surface area contributed by atoms with Crippen LogP contribution in [0.3, 0.4) is 0 Å². The smallest absolute Gasteiger partial charge is 0.343 e. The maximum Gasteiger partial charge on any atom is 0.343 e. The number of rotatable bonds is 3. The van der Waals surface area contributed by atoms with Gasteiger partial charge in [-0.2, -0.15) is 0 Å². The lowest BCUT2D eigenvalue weighted by molar-refractivity contribution is -0.119. The normalized spacial score (nSPS) is 14.0. The largest absolute Gasteiger partial charge is 0.504 e. The van der Waals surface area contributed by atoms with Gasteiger partial charge in [0.1, 0.15) is 5.78 Å². The Labute approximate surface area is 206 Å². The summed E-state index contributed by atoms with van der Waals surface area (Å²) in [6, 6.07) is 15.6. The zero-order chi connectivity index (χ0) is 24.1. The Balaban J connectivity index is 1.72. The summed E-state index contributed by atoms with van der Waals surface area (Å²) in [5, 5.41) is 10.7. The average molecular weight is 525 g/mol. The first kappa shape index (κ1) is 23.8. The zero-order valence-electron chi connectivity index (χ0n) is 18.8. The molecule has 0 saturated heterocycles. The van der Waals surface area contributed by atoms with Crippen molar-refractivity contribution in [3.63, 3.8) is 0 Å². The van der Waals surface area contributed by atoms with E-state index < -0.39 is 5.97 Å². The molecule has 0 unspecified atom stereocenters. The number of Topliss-reactive ketones (excluding diaryl/α,β-unsaturated/α-hetero) is 1. The van der Waals surface area contributed by atoms with E-state index in [4.69, 9.17) is 14.2 Å². The summed E-state index contributed by atoms with van der Waals surface area (Å²) in [6.07, 6.45) is 3.65. The SMILES string of the molecule is COc1c2ccc(c1O)CCCCC(=O)CCc1ccc(OC(=O)c3ccc(Br)cc3)c(c1)O2. The Morgan fingerprint density at radius 1 is 0.941 bits per heavy atom. The van der Waals surface area contributed by atoms with Crippen molar-refractivity contribution in [2.24, 2.45) is 0 Å². The van der Waals surface area contributed by atoms with Gasteiger partial charge in [-0.25, -0.2) is 4.79 Å². The molecule has 0 amide bonds. The third kappa shape index (κ3) is 5.59. The molecule has 0 spiro atoms. The second-order valence-corrected chi connectivity index (χ2v) is 9.05. The summed E-state index contributed by atoms with van der Waals surface area (Å²) in [5.74, 6) is 0.683. The molecule has 6 nitrogen and oxygen atoms in total. The lowest BCUT2D eigenvalue weighted by Crippen LogP contribution is -2.09. The fourth-order valence-electron chi connectivity index (χ4n) is 3.85. The number of carbonyl (C=O) groups excluding carboxylic acids is 2. The average Bonchev–Trinajstić information content (AvgIpc) is 2.83. The molecule has 0 fully saturated rings. The van der Waals surface area contributed by atoms with Gasteiger partial charge in [-0.05, 0) is 79.3 Å². The van der Waals surface area contributed by atoms with E-state index in [-0.39, 0.29) is 28.8 Å². The molecule has 3 aromatic carbocycles. The summed E-state index contributed by atoms with van der Waals surface area (Å²) in [6.45, 7) is 0. The van der Waals surface area contributed by atoms with Crippen molar-refractivity contribution in [3.05, 3.63) is 75.8 Å². The molecule has 0 radical (unpaired) electrons. The Bertz CT molecular complexity index is 1200. The molecule has 7 heteroatoms. The van der Waals surface area contributed by atoms with Gasteiger partial charge >= 0.3 is 5.97 Å². The molecule has 2 aliphatic rings. The van der Waals surface area contributed by atoms with Crippen molar-refractivity contribution in [1.29, 1.82) is 0 Å². The van der Waals surface area contributed by atoms with Gasteiger partial charge in [-0.1, -0.05) is 28.1 Å². The lowest BCUT2D eigenvalue weighted by Gasteiger charge is -2.17. The van der Waals surface area contributed by atoms with Crippen molar-refractivity contribution in [3.8, 4) is 28.7 Å². The maximum atomic E-state index is 12.7. The molecule has 0 aliphatic carbocycles. The van der Waals surface area contributed by atoms with Crippen molar-refractivity contribution < 1.29 is 28.9 Å². The minimum absolute atomic E-state index is 0.00533. The Morgan fingerprint density at radius 2 is 1.71 bits per heavy atom. The van der Waals surface area contributed by atoms with E-state index in [0.29, 0.717) is 37.0 Å². The number of halogens is 1. The quantitative estimate of drug-likeness (QED) is 0.315. The van der Waals surface area contributed by atoms with E-state index in [1.165, 1.54) is 7.11 Å². The van der Waals surface area contributed by atoms with Gasteiger partial charge in [0.2, 0.25) is 5.75 Å². The molecule has 5 rings (SSSR count). The number of phenolic OH excluding ortho intramolecular Hbond substituents is 1. The number of aromatic hydroxyl groups is 1. The van der Waals surface area contributed by atoms with Crippen LogP contribution in [0.4, 0.5) is 0 Å². The molecule has 176 valence electrons.